The predicted octanol–water partition coefficient (Wildman–Crippen LogP) is 2.48. The minimum absolute atomic E-state index is 0.0445. The van der Waals surface area contributed by atoms with Crippen molar-refractivity contribution in [1.29, 1.82) is 0 Å². The van der Waals surface area contributed by atoms with Gasteiger partial charge in [-0.1, -0.05) is 31.8 Å². The molecule has 1 fully saturated rings. The molecule has 0 saturated heterocycles. The van der Waals surface area contributed by atoms with Crippen molar-refractivity contribution in [2.75, 3.05) is 18.5 Å². The molecule has 1 amide bonds. The molecule has 2 aromatic rings. The first-order chi connectivity index (χ1) is 13.0. The van der Waals surface area contributed by atoms with Crippen LogP contribution in [0.3, 0.4) is 0 Å². The summed E-state index contributed by atoms with van der Waals surface area (Å²) >= 11 is 0. The van der Waals surface area contributed by atoms with Crippen molar-refractivity contribution in [3.63, 3.8) is 0 Å². The van der Waals surface area contributed by atoms with Gasteiger partial charge in [-0.15, -0.1) is 0 Å². The molecule has 0 radical (unpaired) electrons. The molecule has 1 aliphatic carbocycles. The van der Waals surface area contributed by atoms with Crippen molar-refractivity contribution in [2.24, 2.45) is 5.41 Å². The normalized spacial score (nSPS) is 15.9. The maximum atomic E-state index is 12.2. The van der Waals surface area contributed by atoms with E-state index < -0.39 is 0 Å². The number of carbonyl (C=O) groups excluding carboxylic acids is 1. The van der Waals surface area contributed by atoms with E-state index in [0.29, 0.717) is 29.6 Å². The summed E-state index contributed by atoms with van der Waals surface area (Å²) in [6.07, 6.45) is 5.92. The van der Waals surface area contributed by atoms with E-state index in [1.807, 2.05) is 13.8 Å². The molecule has 2 aromatic heterocycles. The number of aromatic nitrogens is 3. The van der Waals surface area contributed by atoms with Crippen LogP contribution in [0.1, 0.15) is 67.5 Å². The van der Waals surface area contributed by atoms with Crippen LogP contribution >= 0.6 is 0 Å². The molecule has 0 aliphatic heterocycles. The van der Waals surface area contributed by atoms with Crippen LogP contribution < -0.4 is 10.6 Å². The Morgan fingerprint density at radius 1 is 1.33 bits per heavy atom. The SMILES string of the molecule is CC(C)c1nc(CNC(=O)c2ccc(NCC3(CO)CCCC3)nc2)no1. The van der Waals surface area contributed by atoms with E-state index in [1.165, 1.54) is 6.20 Å². The minimum atomic E-state index is -0.243. The van der Waals surface area contributed by atoms with E-state index >= 15 is 0 Å². The van der Waals surface area contributed by atoms with Crippen molar-refractivity contribution in [1.82, 2.24) is 20.4 Å². The first kappa shape index (κ1) is 19.3. The number of aliphatic hydroxyl groups is 1. The zero-order chi connectivity index (χ0) is 19.3. The molecule has 0 atom stereocenters. The third-order valence-corrected chi connectivity index (χ3v) is 5.05. The first-order valence-electron chi connectivity index (χ1n) is 9.43. The Morgan fingerprint density at radius 2 is 2.11 bits per heavy atom. The van der Waals surface area contributed by atoms with Crippen molar-refractivity contribution in [2.45, 2.75) is 52.0 Å². The number of rotatable bonds is 8. The third kappa shape index (κ3) is 4.82. The lowest BCUT2D eigenvalue weighted by atomic mass is 9.87. The summed E-state index contributed by atoms with van der Waals surface area (Å²) in [6.45, 7) is 5.01. The fourth-order valence-electron chi connectivity index (χ4n) is 3.26. The summed E-state index contributed by atoms with van der Waals surface area (Å²) < 4.78 is 5.12. The molecule has 3 rings (SSSR count). The molecule has 146 valence electrons. The van der Waals surface area contributed by atoms with Crippen LogP contribution in [0.25, 0.3) is 0 Å². The van der Waals surface area contributed by atoms with Crippen LogP contribution in [-0.2, 0) is 6.54 Å². The fraction of sp³-hybridized carbons (Fsp3) is 0.579. The molecular weight excluding hydrogens is 346 g/mol. The molecule has 0 spiro atoms. The second-order valence-electron chi connectivity index (χ2n) is 7.54. The van der Waals surface area contributed by atoms with Gasteiger partial charge in [0, 0.05) is 24.1 Å². The van der Waals surface area contributed by atoms with E-state index in [0.717, 1.165) is 25.7 Å². The number of anilines is 1. The first-order valence-corrected chi connectivity index (χ1v) is 9.43. The highest BCUT2D eigenvalue weighted by atomic mass is 16.5. The van der Waals surface area contributed by atoms with E-state index in [9.17, 15) is 9.90 Å². The number of hydrogen-bond donors (Lipinski definition) is 3. The van der Waals surface area contributed by atoms with Gasteiger partial charge in [0.15, 0.2) is 5.82 Å². The largest absolute Gasteiger partial charge is 0.396 e. The van der Waals surface area contributed by atoms with Crippen LogP contribution in [0.2, 0.25) is 0 Å². The van der Waals surface area contributed by atoms with Crippen molar-refractivity contribution < 1.29 is 14.4 Å². The van der Waals surface area contributed by atoms with Crippen LogP contribution in [0, 0.1) is 5.41 Å². The standard InChI is InChI=1S/C19H27N5O3/c1-13(2)18-23-16(24-27-18)10-21-17(26)14-5-6-15(20-9-14)22-11-19(12-25)7-3-4-8-19/h5-6,9,13,25H,3-4,7-8,10-12H2,1-2H3,(H,20,22)(H,21,26). The maximum Gasteiger partial charge on any atom is 0.253 e. The van der Waals surface area contributed by atoms with Gasteiger partial charge in [-0.25, -0.2) is 4.98 Å². The Labute approximate surface area is 158 Å². The third-order valence-electron chi connectivity index (χ3n) is 5.05. The summed E-state index contributed by atoms with van der Waals surface area (Å²) in [5, 5.41) is 19.6. The maximum absolute atomic E-state index is 12.2. The lowest BCUT2D eigenvalue weighted by Gasteiger charge is -2.26. The second kappa shape index (κ2) is 8.47. The van der Waals surface area contributed by atoms with Crippen LogP contribution in [0.15, 0.2) is 22.9 Å². The van der Waals surface area contributed by atoms with Gasteiger partial charge in [0.25, 0.3) is 5.91 Å². The molecule has 3 N–H and O–H groups in total. The van der Waals surface area contributed by atoms with Crippen molar-refractivity contribution >= 4 is 11.7 Å². The van der Waals surface area contributed by atoms with Crippen LogP contribution in [0.4, 0.5) is 5.82 Å². The molecule has 1 aliphatic rings. The smallest absolute Gasteiger partial charge is 0.253 e. The van der Waals surface area contributed by atoms with Gasteiger partial charge in [0.1, 0.15) is 5.82 Å². The lowest BCUT2D eigenvalue weighted by molar-refractivity contribution is 0.0949. The Kier molecular flexibility index (Phi) is 6.05. The number of amides is 1. The average Bonchev–Trinajstić information content (AvgIpc) is 3.35. The number of nitrogens with one attached hydrogen (secondary N) is 2. The van der Waals surface area contributed by atoms with E-state index in [2.05, 4.69) is 25.8 Å². The summed E-state index contributed by atoms with van der Waals surface area (Å²) in [5.74, 6) is 1.61. The second-order valence-corrected chi connectivity index (χ2v) is 7.54. The number of carbonyl (C=O) groups is 1. The number of nitrogens with zero attached hydrogens (tertiary/aromatic N) is 3. The highest BCUT2D eigenvalue weighted by Crippen LogP contribution is 2.37. The summed E-state index contributed by atoms with van der Waals surface area (Å²) in [5.41, 5.74) is 0.419. The summed E-state index contributed by atoms with van der Waals surface area (Å²) in [6, 6.07) is 3.50. The van der Waals surface area contributed by atoms with Crippen molar-refractivity contribution in [3.8, 4) is 0 Å². The van der Waals surface area contributed by atoms with E-state index in [1.54, 1.807) is 12.1 Å². The number of pyridine rings is 1. The van der Waals surface area contributed by atoms with Gasteiger partial charge in [-0.05, 0) is 25.0 Å². The number of aliphatic hydroxyl groups excluding tert-OH is 1. The summed E-state index contributed by atoms with van der Waals surface area (Å²) in [4.78, 5) is 20.8. The van der Waals surface area contributed by atoms with Gasteiger partial charge >= 0.3 is 0 Å². The highest BCUT2D eigenvalue weighted by Gasteiger charge is 2.32. The van der Waals surface area contributed by atoms with Gasteiger partial charge in [0.2, 0.25) is 5.89 Å². The Hall–Kier alpha value is -2.48. The quantitative estimate of drug-likeness (QED) is 0.651. The lowest BCUT2D eigenvalue weighted by Crippen LogP contribution is -2.30. The molecule has 1 saturated carbocycles. The van der Waals surface area contributed by atoms with Crippen LogP contribution in [0.5, 0.6) is 0 Å². The molecule has 0 aromatic carbocycles. The Bertz CT molecular complexity index is 751. The minimum Gasteiger partial charge on any atom is -0.396 e. The Balaban J connectivity index is 1.50. The number of hydrogen-bond acceptors (Lipinski definition) is 7. The van der Waals surface area contributed by atoms with E-state index in [4.69, 9.17) is 4.52 Å². The summed E-state index contributed by atoms with van der Waals surface area (Å²) in [7, 11) is 0. The fourth-order valence-corrected chi connectivity index (χ4v) is 3.26. The van der Waals surface area contributed by atoms with Gasteiger partial charge < -0.3 is 20.3 Å². The molecule has 2 heterocycles. The molecular formula is C19H27N5O3. The van der Waals surface area contributed by atoms with Crippen molar-refractivity contribution in [3.05, 3.63) is 35.6 Å². The monoisotopic (exact) mass is 373 g/mol. The predicted molar refractivity (Wildman–Crippen MR) is 100 cm³/mol. The van der Waals surface area contributed by atoms with Gasteiger partial charge in [-0.3, -0.25) is 4.79 Å². The van der Waals surface area contributed by atoms with Crippen LogP contribution in [-0.4, -0.2) is 39.3 Å². The molecule has 0 bridgehead atoms. The molecule has 0 unspecified atom stereocenters. The zero-order valence-electron chi connectivity index (χ0n) is 15.9. The molecule has 27 heavy (non-hydrogen) atoms. The van der Waals surface area contributed by atoms with Gasteiger partial charge in [0.05, 0.1) is 18.7 Å². The zero-order valence-corrected chi connectivity index (χ0v) is 15.9. The van der Waals surface area contributed by atoms with E-state index in [-0.39, 0.29) is 30.4 Å². The van der Waals surface area contributed by atoms with Gasteiger partial charge in [-0.2, -0.15) is 4.98 Å². The Morgan fingerprint density at radius 3 is 2.70 bits per heavy atom. The average molecular weight is 373 g/mol. The molecule has 8 nitrogen and oxygen atoms in total. The highest BCUT2D eigenvalue weighted by molar-refractivity contribution is 5.93. The topological polar surface area (TPSA) is 113 Å². The molecule has 8 heteroatoms.